The lowest BCUT2D eigenvalue weighted by Crippen LogP contribution is -2.17. The van der Waals surface area contributed by atoms with Gasteiger partial charge in [0.1, 0.15) is 11.2 Å². The number of nitrogens with zero attached hydrogens (tertiary/aromatic N) is 5. The van der Waals surface area contributed by atoms with Crippen molar-refractivity contribution in [3.63, 3.8) is 0 Å². The standard InChI is InChI=1S/C27H21IN6O/c28-17-34-25-12-11-19(14-21(25)31-32-34)15-23-27(35)33-16-24(20-9-5-2-6-10-20)29-22(26(33)30-23)13-18-7-3-1-4-8-18/h1-12,14,16,29H,13,15,17H2. The molecule has 35 heavy (non-hydrogen) atoms. The van der Waals surface area contributed by atoms with Gasteiger partial charge in [-0.15, -0.1) is 5.10 Å². The van der Waals surface area contributed by atoms with Crippen molar-refractivity contribution in [3.05, 3.63) is 118 Å². The van der Waals surface area contributed by atoms with Crippen molar-refractivity contribution >= 4 is 33.6 Å². The van der Waals surface area contributed by atoms with Gasteiger partial charge in [0.15, 0.2) is 5.82 Å². The van der Waals surface area contributed by atoms with Crippen LogP contribution in [-0.2, 0) is 17.4 Å². The van der Waals surface area contributed by atoms with E-state index in [1.807, 2.05) is 77.6 Å². The number of nitrogens with one attached hydrogen (secondary N) is 1. The predicted molar refractivity (Wildman–Crippen MR) is 144 cm³/mol. The third-order valence-corrected chi connectivity index (χ3v) is 6.77. The molecule has 0 atom stereocenters. The van der Waals surface area contributed by atoms with Crippen LogP contribution in [-0.4, -0.2) is 29.5 Å². The van der Waals surface area contributed by atoms with Gasteiger partial charge in [-0.2, -0.15) is 0 Å². The molecule has 0 spiro atoms. The van der Waals surface area contributed by atoms with E-state index in [9.17, 15) is 4.79 Å². The summed E-state index contributed by atoms with van der Waals surface area (Å²) in [6.45, 7) is 0. The minimum atomic E-state index is -0.100. The van der Waals surface area contributed by atoms with Crippen LogP contribution in [0.4, 0.5) is 0 Å². The molecule has 0 bridgehead atoms. The first-order valence-electron chi connectivity index (χ1n) is 11.3. The molecule has 1 N–H and O–H groups in total. The highest BCUT2D eigenvalue weighted by molar-refractivity contribution is 14.1. The minimum absolute atomic E-state index is 0.100. The SMILES string of the molecule is O=c1c(Cc2ccc3c(c2)nnn3CI)nc2c(Cc3ccccc3)[nH]c(-c3ccccc3)cn1-2. The van der Waals surface area contributed by atoms with Gasteiger partial charge in [-0.3, -0.25) is 9.36 Å². The second kappa shape index (κ2) is 9.10. The molecule has 7 nitrogen and oxygen atoms in total. The molecule has 3 aromatic carbocycles. The Bertz CT molecular complexity index is 1650. The lowest BCUT2D eigenvalue weighted by molar-refractivity contribution is 0.736. The van der Waals surface area contributed by atoms with Gasteiger partial charge in [-0.25, -0.2) is 9.67 Å². The smallest absolute Gasteiger partial charge is 0.278 e. The number of alkyl halides is 1. The van der Waals surface area contributed by atoms with E-state index in [1.54, 1.807) is 4.57 Å². The number of aromatic nitrogens is 6. The van der Waals surface area contributed by atoms with E-state index in [2.05, 4.69) is 50.0 Å². The maximum atomic E-state index is 13.5. The van der Waals surface area contributed by atoms with Crippen LogP contribution >= 0.6 is 22.6 Å². The number of rotatable bonds is 6. The molecule has 2 aliphatic rings. The second-order valence-electron chi connectivity index (χ2n) is 8.44. The number of aromatic amines is 1. The zero-order chi connectivity index (χ0) is 23.8. The predicted octanol–water partition coefficient (Wildman–Crippen LogP) is 4.98. The number of imidazole rings is 1. The van der Waals surface area contributed by atoms with Crippen LogP contribution in [0.2, 0.25) is 0 Å². The van der Waals surface area contributed by atoms with Crippen LogP contribution in [0.5, 0.6) is 0 Å². The molecule has 0 aliphatic carbocycles. The van der Waals surface area contributed by atoms with E-state index in [4.69, 9.17) is 4.98 Å². The topological polar surface area (TPSA) is 81.4 Å². The monoisotopic (exact) mass is 572 g/mol. The summed E-state index contributed by atoms with van der Waals surface area (Å²) >= 11 is 2.26. The van der Waals surface area contributed by atoms with Crippen LogP contribution < -0.4 is 5.56 Å². The normalized spacial score (nSPS) is 11.5. The summed E-state index contributed by atoms with van der Waals surface area (Å²) in [6, 6.07) is 26.3. The summed E-state index contributed by atoms with van der Waals surface area (Å²) in [4.78, 5) is 21.9. The summed E-state index contributed by atoms with van der Waals surface area (Å²) in [5, 5.41) is 8.44. The Morgan fingerprint density at radius 3 is 2.43 bits per heavy atom. The molecule has 0 amide bonds. The number of hydrogen-bond donors (Lipinski definition) is 1. The number of H-pyrrole nitrogens is 1. The van der Waals surface area contributed by atoms with Gasteiger partial charge in [0.2, 0.25) is 0 Å². The average molecular weight is 572 g/mol. The molecular formula is C27H21IN6O. The van der Waals surface area contributed by atoms with Crippen LogP contribution in [0.1, 0.15) is 22.5 Å². The summed E-state index contributed by atoms with van der Waals surface area (Å²) < 4.78 is 4.26. The second-order valence-corrected chi connectivity index (χ2v) is 9.12. The molecule has 2 aliphatic heterocycles. The fourth-order valence-electron chi connectivity index (χ4n) is 4.39. The van der Waals surface area contributed by atoms with Gasteiger partial charge in [0, 0.05) is 19.0 Å². The molecular weight excluding hydrogens is 551 g/mol. The van der Waals surface area contributed by atoms with Gasteiger partial charge in [0.25, 0.3) is 5.56 Å². The van der Waals surface area contributed by atoms with Gasteiger partial charge in [-0.05, 0) is 28.8 Å². The van der Waals surface area contributed by atoms with E-state index < -0.39 is 0 Å². The molecule has 6 rings (SSSR count). The molecule has 3 heterocycles. The third-order valence-electron chi connectivity index (χ3n) is 6.12. The Hall–Kier alpha value is -3.79. The first-order valence-corrected chi connectivity index (χ1v) is 12.8. The minimum Gasteiger partial charge on any atom is -0.354 e. The van der Waals surface area contributed by atoms with Gasteiger partial charge in [-0.1, -0.05) is 94.5 Å². The van der Waals surface area contributed by atoms with Crippen molar-refractivity contribution in [3.8, 4) is 17.1 Å². The van der Waals surface area contributed by atoms with Crippen molar-refractivity contribution in [2.45, 2.75) is 17.4 Å². The first kappa shape index (κ1) is 21.7. The van der Waals surface area contributed by atoms with Crippen molar-refractivity contribution in [2.24, 2.45) is 0 Å². The molecule has 4 aromatic rings. The van der Waals surface area contributed by atoms with Crippen LogP contribution in [0.15, 0.2) is 89.9 Å². The maximum absolute atomic E-state index is 13.5. The van der Waals surface area contributed by atoms with Gasteiger partial charge >= 0.3 is 0 Å². The Balaban J connectivity index is 1.45. The van der Waals surface area contributed by atoms with Crippen LogP contribution in [0, 0.1) is 0 Å². The van der Waals surface area contributed by atoms with Crippen molar-refractivity contribution in [2.75, 3.05) is 0 Å². The van der Waals surface area contributed by atoms with Crippen molar-refractivity contribution in [1.29, 1.82) is 0 Å². The van der Waals surface area contributed by atoms with E-state index in [0.717, 1.165) is 43.7 Å². The molecule has 0 saturated heterocycles. The zero-order valence-corrected chi connectivity index (χ0v) is 20.9. The maximum Gasteiger partial charge on any atom is 0.278 e. The van der Waals surface area contributed by atoms with Crippen LogP contribution in [0.25, 0.3) is 28.1 Å². The first-order chi connectivity index (χ1) is 17.2. The fraction of sp³-hybridized carbons (Fsp3) is 0.111. The number of benzene rings is 3. The van der Waals surface area contributed by atoms with Gasteiger partial charge in [0.05, 0.1) is 21.5 Å². The van der Waals surface area contributed by atoms with E-state index in [0.29, 0.717) is 24.4 Å². The molecule has 8 heteroatoms. The quantitative estimate of drug-likeness (QED) is 0.226. The lowest BCUT2D eigenvalue weighted by atomic mass is 10.1. The molecule has 172 valence electrons. The van der Waals surface area contributed by atoms with Crippen molar-refractivity contribution < 1.29 is 0 Å². The lowest BCUT2D eigenvalue weighted by Gasteiger charge is -2.13. The summed E-state index contributed by atoms with van der Waals surface area (Å²) in [5.41, 5.74) is 7.14. The van der Waals surface area contributed by atoms with E-state index >= 15 is 0 Å². The summed E-state index contributed by atoms with van der Waals surface area (Å²) in [6.07, 6.45) is 2.93. The molecule has 0 saturated carbocycles. The highest BCUT2D eigenvalue weighted by atomic mass is 127. The van der Waals surface area contributed by atoms with Crippen molar-refractivity contribution in [1.82, 2.24) is 29.5 Å². The largest absolute Gasteiger partial charge is 0.354 e. The van der Waals surface area contributed by atoms with E-state index in [-0.39, 0.29) is 5.56 Å². The Kier molecular flexibility index (Phi) is 5.65. The number of hydrogen-bond acceptors (Lipinski definition) is 4. The Morgan fingerprint density at radius 2 is 1.66 bits per heavy atom. The fourth-order valence-corrected chi connectivity index (χ4v) is 4.89. The Labute approximate surface area is 214 Å². The Morgan fingerprint density at radius 1 is 0.886 bits per heavy atom. The van der Waals surface area contributed by atoms with Crippen LogP contribution in [0.3, 0.4) is 0 Å². The average Bonchev–Trinajstić information content (AvgIpc) is 3.45. The summed E-state index contributed by atoms with van der Waals surface area (Å²) in [5.74, 6) is 0.658. The molecule has 0 unspecified atom stereocenters. The van der Waals surface area contributed by atoms with Gasteiger partial charge < -0.3 is 4.98 Å². The highest BCUT2D eigenvalue weighted by Crippen LogP contribution is 2.24. The molecule has 1 aromatic heterocycles. The highest BCUT2D eigenvalue weighted by Gasteiger charge is 2.20. The summed E-state index contributed by atoms with van der Waals surface area (Å²) in [7, 11) is 0. The third kappa shape index (κ3) is 4.14. The zero-order valence-electron chi connectivity index (χ0n) is 18.7. The molecule has 0 fully saturated rings. The number of fused-ring (bicyclic) bond motifs is 2. The molecule has 0 radical (unpaired) electrons. The van der Waals surface area contributed by atoms with E-state index in [1.165, 1.54) is 0 Å². The number of halogens is 1.